The van der Waals surface area contributed by atoms with E-state index in [9.17, 15) is 13.2 Å². The van der Waals surface area contributed by atoms with Crippen molar-refractivity contribution in [1.29, 1.82) is 0 Å². The van der Waals surface area contributed by atoms with Crippen LogP contribution in [0.25, 0.3) is 0 Å². The second kappa shape index (κ2) is 4.90. The van der Waals surface area contributed by atoms with Crippen molar-refractivity contribution in [1.82, 2.24) is 4.90 Å². The molecular weight excluding hydrogens is 282 g/mol. The molecule has 0 aliphatic carbocycles. The van der Waals surface area contributed by atoms with Crippen LogP contribution in [0.3, 0.4) is 0 Å². The lowest BCUT2D eigenvalue weighted by atomic mass is 10.0. The van der Waals surface area contributed by atoms with Gasteiger partial charge < -0.3 is 4.90 Å². The van der Waals surface area contributed by atoms with Gasteiger partial charge in [0.05, 0.1) is 23.5 Å². The van der Waals surface area contributed by atoms with Gasteiger partial charge in [0.15, 0.2) is 9.84 Å². The van der Waals surface area contributed by atoms with Crippen molar-refractivity contribution in [2.45, 2.75) is 25.3 Å². The summed E-state index contributed by atoms with van der Waals surface area (Å²) in [6.07, 6.45) is 2.49. The highest BCUT2D eigenvalue weighted by molar-refractivity contribution is 7.91. The highest BCUT2D eigenvalue weighted by Gasteiger charge is 2.39. The Bertz CT molecular complexity index is 565. The Hall–Kier alpha value is -0.880. The first-order valence-corrected chi connectivity index (χ1v) is 9.36. The molecule has 19 heavy (non-hydrogen) atoms. The van der Waals surface area contributed by atoms with E-state index in [4.69, 9.17) is 0 Å². The molecular formula is C13H17NO3S2. The Morgan fingerprint density at radius 3 is 2.84 bits per heavy atom. The maximum absolute atomic E-state index is 12.5. The predicted octanol–water partition coefficient (Wildman–Crippen LogP) is 1.85. The van der Waals surface area contributed by atoms with Gasteiger partial charge in [0, 0.05) is 6.54 Å². The Morgan fingerprint density at radius 2 is 2.21 bits per heavy atom. The number of hydrogen-bond donors (Lipinski definition) is 0. The van der Waals surface area contributed by atoms with Gasteiger partial charge in [-0.25, -0.2) is 8.42 Å². The molecule has 1 aromatic rings. The summed E-state index contributed by atoms with van der Waals surface area (Å²) in [6.45, 7) is 0.760. The Kier molecular flexibility index (Phi) is 3.39. The number of rotatable bonds is 2. The van der Waals surface area contributed by atoms with E-state index in [0.717, 1.165) is 19.4 Å². The second-order valence-electron chi connectivity index (χ2n) is 5.35. The van der Waals surface area contributed by atoms with Gasteiger partial charge in [0.2, 0.25) is 5.91 Å². The van der Waals surface area contributed by atoms with Gasteiger partial charge in [-0.2, -0.15) is 11.3 Å². The minimum absolute atomic E-state index is 0.0368. The third-order valence-electron chi connectivity index (χ3n) is 4.05. The Labute approximate surface area is 117 Å². The lowest BCUT2D eigenvalue weighted by Gasteiger charge is -2.26. The number of likely N-dealkylation sites (tertiary alicyclic amines) is 1. The molecule has 2 aliphatic heterocycles. The van der Waals surface area contributed by atoms with Crippen LogP contribution >= 0.6 is 11.3 Å². The van der Waals surface area contributed by atoms with Crippen LogP contribution in [0.1, 0.15) is 30.9 Å². The first-order valence-electron chi connectivity index (χ1n) is 6.60. The molecule has 2 aliphatic rings. The second-order valence-corrected chi connectivity index (χ2v) is 8.36. The lowest BCUT2D eigenvalue weighted by Crippen LogP contribution is -2.36. The fourth-order valence-corrected chi connectivity index (χ4v) is 5.51. The van der Waals surface area contributed by atoms with Gasteiger partial charge in [-0.05, 0) is 41.7 Å². The number of thiophene rings is 1. The van der Waals surface area contributed by atoms with Crippen LogP contribution in [0, 0.1) is 5.92 Å². The zero-order valence-electron chi connectivity index (χ0n) is 10.6. The molecule has 0 spiro atoms. The van der Waals surface area contributed by atoms with E-state index in [1.54, 1.807) is 11.3 Å². The lowest BCUT2D eigenvalue weighted by molar-refractivity contribution is -0.135. The van der Waals surface area contributed by atoms with Crippen LogP contribution in [0.2, 0.25) is 0 Å². The summed E-state index contributed by atoms with van der Waals surface area (Å²) in [5.41, 5.74) is 1.19. The van der Waals surface area contributed by atoms with Gasteiger partial charge in [-0.15, -0.1) is 0 Å². The number of sulfone groups is 1. The van der Waals surface area contributed by atoms with Crippen LogP contribution in [0.5, 0.6) is 0 Å². The zero-order chi connectivity index (χ0) is 13.5. The first-order chi connectivity index (χ1) is 9.07. The maximum atomic E-state index is 12.5. The fourth-order valence-electron chi connectivity index (χ4n) is 3.07. The average molecular weight is 299 g/mol. The van der Waals surface area contributed by atoms with Crippen LogP contribution in [0.4, 0.5) is 0 Å². The quantitative estimate of drug-likeness (QED) is 0.837. The summed E-state index contributed by atoms with van der Waals surface area (Å²) in [6, 6.07) is 2.22. The molecule has 0 N–H and O–H groups in total. The maximum Gasteiger partial charge on any atom is 0.227 e. The smallest absolute Gasteiger partial charge is 0.227 e. The molecule has 0 bridgehead atoms. The van der Waals surface area contributed by atoms with Crippen LogP contribution in [-0.4, -0.2) is 37.3 Å². The van der Waals surface area contributed by atoms with E-state index in [1.807, 2.05) is 10.3 Å². The van der Waals surface area contributed by atoms with E-state index in [1.165, 1.54) is 5.56 Å². The fraction of sp³-hybridized carbons (Fsp3) is 0.615. The summed E-state index contributed by atoms with van der Waals surface area (Å²) in [5.74, 6) is -0.0713. The minimum atomic E-state index is -2.99. The number of carbonyl (C=O) groups is 1. The Balaban J connectivity index is 1.76. The van der Waals surface area contributed by atoms with Crippen molar-refractivity contribution < 1.29 is 13.2 Å². The van der Waals surface area contributed by atoms with Gasteiger partial charge in [-0.1, -0.05) is 0 Å². The molecule has 3 rings (SSSR count). The third-order valence-corrected chi connectivity index (χ3v) is 6.51. The van der Waals surface area contributed by atoms with Gasteiger partial charge in [0.1, 0.15) is 0 Å². The van der Waals surface area contributed by atoms with Crippen molar-refractivity contribution in [3.63, 3.8) is 0 Å². The topological polar surface area (TPSA) is 54.5 Å². The molecule has 1 amide bonds. The molecule has 3 heterocycles. The summed E-state index contributed by atoms with van der Waals surface area (Å²) in [4.78, 5) is 14.4. The van der Waals surface area contributed by atoms with Crippen molar-refractivity contribution >= 4 is 27.1 Å². The summed E-state index contributed by atoms with van der Waals surface area (Å²) >= 11 is 1.64. The van der Waals surface area contributed by atoms with Gasteiger partial charge in [-0.3, -0.25) is 4.79 Å². The van der Waals surface area contributed by atoms with Crippen molar-refractivity contribution in [2.24, 2.45) is 5.92 Å². The molecule has 2 fully saturated rings. The van der Waals surface area contributed by atoms with Gasteiger partial charge >= 0.3 is 0 Å². The summed E-state index contributed by atoms with van der Waals surface area (Å²) in [7, 11) is -2.99. The summed E-state index contributed by atoms with van der Waals surface area (Å²) in [5, 5.41) is 4.11. The zero-order valence-corrected chi connectivity index (χ0v) is 12.3. The van der Waals surface area contributed by atoms with Crippen molar-refractivity contribution in [3.05, 3.63) is 22.4 Å². The number of nitrogens with zero attached hydrogens (tertiary/aromatic N) is 1. The normalized spacial score (nSPS) is 29.8. The summed E-state index contributed by atoms with van der Waals surface area (Å²) < 4.78 is 23.0. The predicted molar refractivity (Wildman–Crippen MR) is 74.8 cm³/mol. The minimum Gasteiger partial charge on any atom is -0.335 e. The molecule has 0 unspecified atom stereocenters. The van der Waals surface area contributed by atoms with Crippen molar-refractivity contribution in [2.75, 3.05) is 18.1 Å². The Morgan fingerprint density at radius 1 is 1.37 bits per heavy atom. The van der Waals surface area contributed by atoms with E-state index in [2.05, 4.69) is 11.4 Å². The van der Waals surface area contributed by atoms with E-state index >= 15 is 0 Å². The highest BCUT2D eigenvalue weighted by atomic mass is 32.2. The molecule has 2 saturated heterocycles. The number of carbonyl (C=O) groups excluding carboxylic acids is 1. The number of hydrogen-bond acceptors (Lipinski definition) is 4. The third kappa shape index (κ3) is 2.56. The van der Waals surface area contributed by atoms with E-state index in [-0.39, 0.29) is 29.4 Å². The molecule has 0 aromatic carbocycles. The van der Waals surface area contributed by atoms with Crippen LogP contribution in [0.15, 0.2) is 16.8 Å². The molecule has 4 nitrogen and oxygen atoms in total. The molecule has 104 valence electrons. The monoisotopic (exact) mass is 299 g/mol. The SMILES string of the molecule is O=C([C@H]1CCS(=O)(=O)C1)N1CCC[C@@H]1c1ccsc1. The van der Waals surface area contributed by atoms with Crippen molar-refractivity contribution in [3.8, 4) is 0 Å². The molecule has 2 atom stereocenters. The first kappa shape index (κ1) is 13.1. The molecule has 0 radical (unpaired) electrons. The highest BCUT2D eigenvalue weighted by Crippen LogP contribution is 2.35. The standard InChI is InChI=1S/C13H17NO3S2/c15-13(11-4-7-19(16,17)9-11)14-5-1-2-12(14)10-3-6-18-8-10/h3,6,8,11-12H,1-2,4-5,7,9H2/t11-,12+/m0/s1. The van der Waals surface area contributed by atoms with Crippen LogP contribution in [-0.2, 0) is 14.6 Å². The van der Waals surface area contributed by atoms with E-state index < -0.39 is 9.84 Å². The van der Waals surface area contributed by atoms with E-state index in [0.29, 0.717) is 6.42 Å². The molecule has 1 aromatic heterocycles. The number of amides is 1. The van der Waals surface area contributed by atoms with Crippen LogP contribution < -0.4 is 0 Å². The largest absolute Gasteiger partial charge is 0.335 e. The average Bonchev–Trinajstić information content (AvgIpc) is 3.06. The van der Waals surface area contributed by atoms with Gasteiger partial charge in [0.25, 0.3) is 0 Å². The molecule has 0 saturated carbocycles. The molecule has 6 heteroatoms.